The predicted octanol–water partition coefficient (Wildman–Crippen LogP) is 3.76. The lowest BCUT2D eigenvalue weighted by atomic mass is 10.1. The van der Waals surface area contributed by atoms with E-state index >= 15 is 0 Å². The number of amides is 1. The van der Waals surface area contributed by atoms with Crippen molar-refractivity contribution in [2.45, 2.75) is 19.0 Å². The summed E-state index contributed by atoms with van der Waals surface area (Å²) in [6, 6.07) is 10.2. The van der Waals surface area contributed by atoms with Crippen LogP contribution in [0, 0.1) is 19.7 Å². The predicted molar refractivity (Wildman–Crippen MR) is 108 cm³/mol. The zero-order valence-corrected chi connectivity index (χ0v) is 16.6. The molecule has 0 aliphatic rings. The van der Waals surface area contributed by atoms with E-state index in [2.05, 4.69) is 25.8 Å². The second-order valence-corrected chi connectivity index (χ2v) is 8.03. The van der Waals surface area contributed by atoms with E-state index < -0.39 is 0 Å². The molecular formula is C18H15FN6OS2. The molecule has 28 heavy (non-hydrogen) atoms. The number of aromatic nitrogens is 5. The third-order valence-electron chi connectivity index (χ3n) is 4.17. The van der Waals surface area contributed by atoms with E-state index in [0.29, 0.717) is 20.5 Å². The number of carbonyl (C=O) groups excluding carboxylic acids is 1. The molecule has 1 N–H and O–H groups in total. The molecule has 0 fully saturated rings. The van der Waals surface area contributed by atoms with Crippen molar-refractivity contribution in [3.63, 3.8) is 0 Å². The summed E-state index contributed by atoms with van der Waals surface area (Å²) in [5.41, 5.74) is 3.73. The Morgan fingerprint density at radius 1 is 1.29 bits per heavy atom. The summed E-state index contributed by atoms with van der Waals surface area (Å²) in [6.45, 7) is 4.02. The lowest BCUT2D eigenvalue weighted by Crippen LogP contribution is -2.14. The highest BCUT2D eigenvalue weighted by molar-refractivity contribution is 7.99. The monoisotopic (exact) mass is 414 g/mol. The number of fused-ring (bicyclic) bond motifs is 1. The Bertz CT molecular complexity index is 1170. The molecule has 0 radical (unpaired) electrons. The van der Waals surface area contributed by atoms with Gasteiger partial charge in [0.15, 0.2) is 5.13 Å². The first-order chi connectivity index (χ1) is 13.5. The highest BCUT2D eigenvalue weighted by atomic mass is 32.2. The second-order valence-electron chi connectivity index (χ2n) is 6.06. The van der Waals surface area contributed by atoms with Gasteiger partial charge in [-0.15, -0.1) is 5.10 Å². The first-order valence-corrected chi connectivity index (χ1v) is 10.1. The molecule has 142 valence electrons. The van der Waals surface area contributed by atoms with Gasteiger partial charge in [-0.1, -0.05) is 35.2 Å². The molecule has 7 nitrogen and oxygen atoms in total. The molecule has 0 aliphatic heterocycles. The van der Waals surface area contributed by atoms with Crippen LogP contribution in [-0.2, 0) is 4.79 Å². The summed E-state index contributed by atoms with van der Waals surface area (Å²) in [5.74, 6) is -0.446. The van der Waals surface area contributed by atoms with Crippen LogP contribution in [0.25, 0.3) is 15.9 Å². The third-order valence-corrected chi connectivity index (χ3v) is 6.03. The summed E-state index contributed by atoms with van der Waals surface area (Å²) in [5, 5.41) is 15.5. The Labute approximate surface area is 168 Å². The van der Waals surface area contributed by atoms with Crippen LogP contribution in [0.4, 0.5) is 9.52 Å². The van der Waals surface area contributed by atoms with Gasteiger partial charge in [-0.3, -0.25) is 4.79 Å². The number of carbonyl (C=O) groups is 1. The molecule has 2 heterocycles. The van der Waals surface area contributed by atoms with E-state index in [1.165, 1.54) is 35.2 Å². The van der Waals surface area contributed by atoms with Gasteiger partial charge in [-0.05, 0) is 59.7 Å². The van der Waals surface area contributed by atoms with Crippen molar-refractivity contribution >= 4 is 44.4 Å². The number of halogens is 1. The van der Waals surface area contributed by atoms with E-state index in [0.717, 1.165) is 16.8 Å². The molecule has 4 aromatic rings. The van der Waals surface area contributed by atoms with Crippen molar-refractivity contribution in [1.29, 1.82) is 0 Å². The number of aryl methyl sites for hydroxylation is 1. The Hall–Kier alpha value is -2.85. The van der Waals surface area contributed by atoms with Crippen molar-refractivity contribution in [1.82, 2.24) is 25.2 Å². The van der Waals surface area contributed by atoms with Crippen molar-refractivity contribution in [2.24, 2.45) is 0 Å². The van der Waals surface area contributed by atoms with Crippen molar-refractivity contribution < 1.29 is 9.18 Å². The lowest BCUT2D eigenvalue weighted by Gasteiger charge is -2.09. The van der Waals surface area contributed by atoms with Crippen LogP contribution in [0.15, 0.2) is 41.6 Å². The Balaban J connectivity index is 1.45. The first-order valence-electron chi connectivity index (χ1n) is 8.35. The molecule has 2 aromatic carbocycles. The zero-order chi connectivity index (χ0) is 19.7. The maximum Gasteiger partial charge on any atom is 0.236 e. The van der Waals surface area contributed by atoms with Crippen LogP contribution < -0.4 is 5.32 Å². The van der Waals surface area contributed by atoms with Gasteiger partial charge >= 0.3 is 0 Å². The molecular weight excluding hydrogens is 399 g/mol. The number of hydrogen-bond acceptors (Lipinski definition) is 7. The molecule has 4 rings (SSSR count). The van der Waals surface area contributed by atoms with Crippen LogP contribution in [0.5, 0.6) is 0 Å². The van der Waals surface area contributed by atoms with Gasteiger partial charge in [0, 0.05) is 0 Å². The van der Waals surface area contributed by atoms with Crippen LogP contribution in [0.3, 0.4) is 0 Å². The summed E-state index contributed by atoms with van der Waals surface area (Å²) in [7, 11) is 0. The highest BCUT2D eigenvalue weighted by Gasteiger charge is 2.15. The number of anilines is 1. The topological polar surface area (TPSA) is 85.6 Å². The number of tetrazole rings is 1. The van der Waals surface area contributed by atoms with Crippen LogP contribution in [-0.4, -0.2) is 36.9 Å². The van der Waals surface area contributed by atoms with Crippen LogP contribution >= 0.6 is 23.1 Å². The molecule has 1 amide bonds. The summed E-state index contributed by atoms with van der Waals surface area (Å²) < 4.78 is 15.6. The number of benzene rings is 2. The molecule has 0 saturated heterocycles. The van der Waals surface area contributed by atoms with E-state index in [4.69, 9.17) is 0 Å². The van der Waals surface area contributed by atoms with Gasteiger partial charge < -0.3 is 5.32 Å². The quantitative estimate of drug-likeness (QED) is 0.501. The van der Waals surface area contributed by atoms with Gasteiger partial charge in [0.1, 0.15) is 5.82 Å². The van der Waals surface area contributed by atoms with Gasteiger partial charge in [-0.2, -0.15) is 4.68 Å². The maximum absolute atomic E-state index is 13.3. The number of thioether (sulfide) groups is 1. The van der Waals surface area contributed by atoms with Crippen molar-refractivity contribution in [3.05, 3.63) is 53.3 Å². The summed E-state index contributed by atoms with van der Waals surface area (Å²) in [4.78, 5) is 16.6. The fourth-order valence-electron chi connectivity index (χ4n) is 2.62. The first kappa shape index (κ1) is 18.5. The average molecular weight is 414 g/mol. The van der Waals surface area contributed by atoms with E-state index in [1.807, 2.05) is 32.0 Å². The largest absolute Gasteiger partial charge is 0.301 e. The zero-order valence-electron chi connectivity index (χ0n) is 15.0. The molecule has 2 aromatic heterocycles. The lowest BCUT2D eigenvalue weighted by molar-refractivity contribution is -0.113. The summed E-state index contributed by atoms with van der Waals surface area (Å²) in [6.07, 6.45) is 0. The minimum atomic E-state index is -0.331. The Kier molecular flexibility index (Phi) is 5.05. The van der Waals surface area contributed by atoms with Crippen LogP contribution in [0.2, 0.25) is 0 Å². The minimum Gasteiger partial charge on any atom is -0.301 e. The van der Waals surface area contributed by atoms with E-state index in [1.54, 1.807) is 10.7 Å². The van der Waals surface area contributed by atoms with Gasteiger partial charge in [0.2, 0.25) is 11.1 Å². The summed E-state index contributed by atoms with van der Waals surface area (Å²) >= 11 is 2.46. The molecule has 0 bridgehead atoms. The molecule has 0 atom stereocenters. The second kappa shape index (κ2) is 7.64. The molecule has 0 unspecified atom stereocenters. The Morgan fingerprint density at radius 2 is 2.14 bits per heavy atom. The maximum atomic E-state index is 13.3. The van der Waals surface area contributed by atoms with Gasteiger partial charge in [0.05, 0.1) is 21.7 Å². The number of hydrogen-bond donors (Lipinski definition) is 1. The average Bonchev–Trinajstić information content (AvgIpc) is 3.28. The van der Waals surface area contributed by atoms with E-state index in [9.17, 15) is 9.18 Å². The SMILES string of the molecule is Cc1cccc(-n2nnnc2SCC(=O)Nc2nc3ccc(F)cc3s2)c1C. The van der Waals surface area contributed by atoms with Gasteiger partial charge in [-0.25, -0.2) is 9.37 Å². The fraction of sp³-hybridized carbons (Fsp3) is 0.167. The molecule has 0 saturated carbocycles. The van der Waals surface area contributed by atoms with Crippen molar-refractivity contribution in [3.8, 4) is 5.69 Å². The Morgan fingerprint density at radius 3 is 3.00 bits per heavy atom. The number of rotatable bonds is 5. The number of thiazole rings is 1. The standard InChI is InChI=1S/C18H15FN6OS2/c1-10-4-3-5-14(11(10)2)25-18(22-23-24-25)27-9-16(26)21-17-20-13-7-6-12(19)8-15(13)28-17/h3-8H,9H2,1-2H3,(H,20,21,26). The highest BCUT2D eigenvalue weighted by Crippen LogP contribution is 2.27. The molecule has 10 heteroatoms. The van der Waals surface area contributed by atoms with Crippen LogP contribution in [0.1, 0.15) is 11.1 Å². The molecule has 0 aliphatic carbocycles. The van der Waals surface area contributed by atoms with E-state index in [-0.39, 0.29) is 17.5 Å². The minimum absolute atomic E-state index is 0.121. The number of nitrogens with one attached hydrogen (secondary N) is 1. The fourth-order valence-corrected chi connectivity index (χ4v) is 4.21. The smallest absolute Gasteiger partial charge is 0.236 e. The number of nitrogens with zero attached hydrogens (tertiary/aromatic N) is 5. The molecule has 0 spiro atoms. The third kappa shape index (κ3) is 3.73. The normalized spacial score (nSPS) is 11.1. The van der Waals surface area contributed by atoms with Gasteiger partial charge in [0.25, 0.3) is 0 Å². The van der Waals surface area contributed by atoms with Crippen molar-refractivity contribution in [2.75, 3.05) is 11.1 Å².